The number of hydrogen-bond acceptors (Lipinski definition) is 4. The highest BCUT2D eigenvalue weighted by Gasteiger charge is 2.30. The monoisotopic (exact) mass is 476 g/mol. The van der Waals surface area contributed by atoms with Crippen LogP contribution in [-0.2, 0) is 16.0 Å². The SMILES string of the molecule is CS(=O)(=O)c1cc(-c2cc(C(=O)O)cc3cc(-c4ccc(C(F)(F)F)cc4)ccc23)cs1. The summed E-state index contributed by atoms with van der Waals surface area (Å²) in [7, 11) is -3.40. The van der Waals surface area contributed by atoms with Crippen molar-refractivity contribution in [1.82, 2.24) is 0 Å². The van der Waals surface area contributed by atoms with Crippen LogP contribution in [0.3, 0.4) is 0 Å². The molecule has 1 N–H and O–H groups in total. The molecule has 0 bridgehead atoms. The standard InChI is InChI=1S/C23H15F3O4S2/c1-32(29,30)21-11-17(12-31-21)20-10-16(22(27)28)9-15-8-14(4-7-19(15)20)13-2-5-18(6-3-13)23(24,25)26/h2-12H,1H3,(H,27,28). The van der Waals surface area contributed by atoms with Crippen LogP contribution in [0.5, 0.6) is 0 Å². The summed E-state index contributed by atoms with van der Waals surface area (Å²) in [4.78, 5) is 11.7. The van der Waals surface area contributed by atoms with E-state index in [1.54, 1.807) is 23.6 Å². The molecule has 1 heterocycles. The van der Waals surface area contributed by atoms with Crippen LogP contribution in [-0.4, -0.2) is 25.7 Å². The fourth-order valence-electron chi connectivity index (χ4n) is 3.42. The minimum absolute atomic E-state index is 0.0178. The Morgan fingerprint density at radius 3 is 2.12 bits per heavy atom. The maximum Gasteiger partial charge on any atom is 0.416 e. The van der Waals surface area contributed by atoms with Crippen LogP contribution in [0.15, 0.2) is 70.3 Å². The lowest BCUT2D eigenvalue weighted by atomic mass is 9.94. The van der Waals surface area contributed by atoms with E-state index in [1.807, 2.05) is 0 Å². The van der Waals surface area contributed by atoms with Gasteiger partial charge in [0.2, 0.25) is 0 Å². The van der Waals surface area contributed by atoms with Crippen molar-refractivity contribution < 1.29 is 31.5 Å². The van der Waals surface area contributed by atoms with E-state index < -0.39 is 27.5 Å². The maximum absolute atomic E-state index is 12.8. The van der Waals surface area contributed by atoms with Gasteiger partial charge in [-0.25, -0.2) is 13.2 Å². The maximum atomic E-state index is 12.8. The van der Waals surface area contributed by atoms with Crippen LogP contribution in [0.25, 0.3) is 33.0 Å². The molecule has 3 aromatic carbocycles. The molecule has 9 heteroatoms. The van der Waals surface area contributed by atoms with Crippen LogP contribution >= 0.6 is 11.3 Å². The first-order valence-electron chi connectivity index (χ1n) is 9.21. The van der Waals surface area contributed by atoms with Crippen molar-refractivity contribution in [3.05, 3.63) is 77.2 Å². The van der Waals surface area contributed by atoms with Gasteiger partial charge in [-0.2, -0.15) is 13.2 Å². The first kappa shape index (κ1) is 22.0. The van der Waals surface area contributed by atoms with Crippen LogP contribution in [0, 0.1) is 0 Å². The second kappa shape index (κ2) is 7.75. The van der Waals surface area contributed by atoms with Gasteiger partial charge in [0, 0.05) is 6.26 Å². The van der Waals surface area contributed by atoms with E-state index in [1.165, 1.54) is 30.3 Å². The van der Waals surface area contributed by atoms with E-state index in [4.69, 9.17) is 0 Å². The number of fused-ring (bicyclic) bond motifs is 1. The minimum Gasteiger partial charge on any atom is -0.478 e. The molecule has 0 aliphatic carbocycles. The molecule has 0 saturated carbocycles. The molecule has 0 fully saturated rings. The number of halogens is 3. The predicted octanol–water partition coefficient (Wildman–Crippen LogP) is 6.36. The predicted molar refractivity (Wildman–Crippen MR) is 118 cm³/mol. The molecule has 4 nitrogen and oxygen atoms in total. The molecule has 0 unspecified atom stereocenters. The molecule has 0 atom stereocenters. The van der Waals surface area contributed by atoms with Crippen LogP contribution in [0.4, 0.5) is 13.2 Å². The Balaban J connectivity index is 1.86. The van der Waals surface area contributed by atoms with Crippen molar-refractivity contribution in [3.8, 4) is 22.3 Å². The van der Waals surface area contributed by atoms with Crippen LogP contribution in [0.1, 0.15) is 15.9 Å². The van der Waals surface area contributed by atoms with Gasteiger partial charge in [0.25, 0.3) is 0 Å². The molecule has 164 valence electrons. The van der Waals surface area contributed by atoms with Crippen molar-refractivity contribution in [2.24, 2.45) is 0 Å². The zero-order valence-electron chi connectivity index (χ0n) is 16.5. The zero-order valence-corrected chi connectivity index (χ0v) is 18.1. The molecule has 0 aliphatic heterocycles. The lowest BCUT2D eigenvalue weighted by molar-refractivity contribution is -0.137. The second-order valence-corrected chi connectivity index (χ2v) is 10.4. The van der Waals surface area contributed by atoms with E-state index in [2.05, 4.69) is 0 Å². The molecule has 0 aliphatic rings. The Morgan fingerprint density at radius 2 is 1.56 bits per heavy atom. The topological polar surface area (TPSA) is 71.4 Å². The third kappa shape index (κ3) is 4.26. The number of carbonyl (C=O) groups is 1. The first-order valence-corrected chi connectivity index (χ1v) is 12.0. The summed E-state index contributed by atoms with van der Waals surface area (Å²) in [6.07, 6.45) is -3.33. The van der Waals surface area contributed by atoms with Crippen LogP contribution < -0.4 is 0 Å². The summed E-state index contributed by atoms with van der Waals surface area (Å²) < 4.78 is 62.4. The Hall–Kier alpha value is -3.17. The summed E-state index contributed by atoms with van der Waals surface area (Å²) >= 11 is 1.05. The highest BCUT2D eigenvalue weighted by atomic mass is 32.2. The molecule has 4 aromatic rings. The second-order valence-electron chi connectivity index (χ2n) is 7.27. The molecule has 32 heavy (non-hydrogen) atoms. The number of thiophene rings is 1. The Labute approximate surface area is 185 Å². The fourth-order valence-corrected chi connectivity index (χ4v) is 5.23. The number of aromatic carboxylic acids is 1. The van der Waals surface area contributed by atoms with Crippen molar-refractivity contribution in [1.29, 1.82) is 0 Å². The molecule has 1 aromatic heterocycles. The lowest BCUT2D eigenvalue weighted by Gasteiger charge is -2.11. The molecular weight excluding hydrogens is 461 g/mol. The minimum atomic E-state index is -4.43. The number of hydrogen-bond donors (Lipinski definition) is 1. The van der Waals surface area contributed by atoms with Gasteiger partial charge < -0.3 is 5.11 Å². The average molecular weight is 476 g/mol. The van der Waals surface area contributed by atoms with Crippen molar-refractivity contribution in [2.75, 3.05) is 6.26 Å². The molecule has 0 spiro atoms. The third-order valence-corrected chi connectivity index (χ3v) is 7.76. The summed E-state index contributed by atoms with van der Waals surface area (Å²) in [5, 5.41) is 12.5. The van der Waals surface area contributed by atoms with E-state index >= 15 is 0 Å². The highest BCUT2D eigenvalue weighted by Crippen LogP contribution is 2.37. The first-order chi connectivity index (χ1) is 14.9. The number of carboxylic acid groups (broad SMARTS) is 1. The Kier molecular flexibility index (Phi) is 5.34. The van der Waals surface area contributed by atoms with E-state index in [-0.39, 0.29) is 9.77 Å². The lowest BCUT2D eigenvalue weighted by Crippen LogP contribution is -2.03. The number of sulfone groups is 1. The van der Waals surface area contributed by atoms with Gasteiger partial charge in [0.1, 0.15) is 4.21 Å². The van der Waals surface area contributed by atoms with Crippen molar-refractivity contribution in [2.45, 2.75) is 10.4 Å². The molecule has 0 saturated heterocycles. The Bertz CT molecular complexity index is 1450. The number of rotatable bonds is 4. The summed E-state index contributed by atoms with van der Waals surface area (Å²) in [6.45, 7) is 0. The van der Waals surface area contributed by atoms with Gasteiger partial charge in [-0.3, -0.25) is 0 Å². The largest absolute Gasteiger partial charge is 0.478 e. The molecule has 0 amide bonds. The third-order valence-electron chi connectivity index (χ3n) is 5.00. The van der Waals surface area contributed by atoms with E-state index in [0.717, 1.165) is 29.7 Å². The Morgan fingerprint density at radius 1 is 0.906 bits per heavy atom. The van der Waals surface area contributed by atoms with Crippen molar-refractivity contribution in [3.63, 3.8) is 0 Å². The molecular formula is C23H15F3O4S2. The quantitative estimate of drug-likeness (QED) is 0.372. The van der Waals surface area contributed by atoms with E-state index in [0.29, 0.717) is 33.0 Å². The normalized spacial score (nSPS) is 12.2. The van der Waals surface area contributed by atoms with E-state index in [9.17, 15) is 31.5 Å². The summed E-state index contributed by atoms with van der Waals surface area (Å²) in [5.41, 5.74) is 1.58. The molecule has 0 radical (unpaired) electrons. The summed E-state index contributed by atoms with van der Waals surface area (Å²) in [6, 6.07) is 14.4. The molecule has 4 rings (SSSR count). The number of carboxylic acids is 1. The van der Waals surface area contributed by atoms with Gasteiger partial charge >= 0.3 is 12.1 Å². The van der Waals surface area contributed by atoms with Gasteiger partial charge in [-0.1, -0.05) is 24.3 Å². The zero-order chi connectivity index (χ0) is 23.3. The average Bonchev–Trinajstić information content (AvgIpc) is 3.22. The number of benzene rings is 3. The van der Waals surface area contributed by atoms with Gasteiger partial charge in [0.15, 0.2) is 9.84 Å². The summed E-state index contributed by atoms with van der Waals surface area (Å²) in [5.74, 6) is -1.15. The van der Waals surface area contributed by atoms with Gasteiger partial charge in [-0.15, -0.1) is 11.3 Å². The van der Waals surface area contributed by atoms with Gasteiger partial charge in [-0.05, 0) is 74.8 Å². The number of alkyl halides is 3. The van der Waals surface area contributed by atoms with Crippen LogP contribution in [0.2, 0.25) is 0 Å². The van der Waals surface area contributed by atoms with Crippen molar-refractivity contribution >= 4 is 37.9 Å². The smallest absolute Gasteiger partial charge is 0.416 e. The fraction of sp³-hybridized carbons (Fsp3) is 0.0870. The van der Waals surface area contributed by atoms with Gasteiger partial charge in [0.05, 0.1) is 11.1 Å². The highest BCUT2D eigenvalue weighted by molar-refractivity contribution is 7.92.